The number of carbonyl (C=O) groups excluding carboxylic acids is 1. The lowest BCUT2D eigenvalue weighted by atomic mass is 9.85. The number of nitrogens with one attached hydrogen (secondary N) is 1. The van der Waals surface area contributed by atoms with Crippen LogP contribution in [0.5, 0.6) is 0 Å². The molecule has 0 aromatic heterocycles. The van der Waals surface area contributed by atoms with Crippen LogP contribution in [0.15, 0.2) is 23.1 Å². The van der Waals surface area contributed by atoms with Crippen LogP contribution in [0.25, 0.3) is 0 Å². The minimum Gasteiger partial charge on any atom is -0.316 e. The summed E-state index contributed by atoms with van der Waals surface area (Å²) in [7, 11) is -0.462. The Kier molecular flexibility index (Phi) is 7.30. The van der Waals surface area contributed by atoms with E-state index in [0.29, 0.717) is 24.8 Å². The first kappa shape index (κ1) is 22.1. The molecule has 1 aromatic rings. The van der Waals surface area contributed by atoms with Gasteiger partial charge in [-0.2, -0.15) is 0 Å². The number of rotatable bonds is 5. The lowest BCUT2D eigenvalue weighted by molar-refractivity contribution is -0.119. The molecule has 2 heterocycles. The number of piperidine rings is 1. The molecular formula is C19H30ClN3O3S. The molecule has 0 radical (unpaired) electrons. The number of fused-ring (bicyclic) bond motifs is 1. The number of anilines is 1. The highest BCUT2D eigenvalue weighted by atomic mass is 35.5. The second kappa shape index (κ2) is 8.90. The number of amides is 1. The number of carbonyl (C=O) groups is 1. The van der Waals surface area contributed by atoms with Crippen LogP contribution in [0.1, 0.15) is 31.7 Å². The Hall–Kier alpha value is -1.15. The summed E-state index contributed by atoms with van der Waals surface area (Å²) < 4.78 is 26.0. The van der Waals surface area contributed by atoms with Crippen molar-refractivity contribution in [3.63, 3.8) is 0 Å². The molecule has 0 bridgehead atoms. The van der Waals surface area contributed by atoms with Gasteiger partial charge in [-0.3, -0.25) is 4.79 Å². The van der Waals surface area contributed by atoms with Crippen LogP contribution in [0.3, 0.4) is 0 Å². The Bertz CT molecular complexity index is 776. The Balaban J connectivity index is 0.00000261. The maximum atomic E-state index is 12.9. The molecule has 1 amide bonds. The first-order valence-corrected chi connectivity index (χ1v) is 10.8. The van der Waals surface area contributed by atoms with Gasteiger partial charge in [-0.25, -0.2) is 12.7 Å². The number of hydrogen-bond donors (Lipinski definition) is 1. The van der Waals surface area contributed by atoms with Crippen molar-refractivity contribution in [3.8, 4) is 0 Å². The van der Waals surface area contributed by atoms with Gasteiger partial charge in [-0.1, -0.05) is 13.0 Å². The normalized spacial score (nSPS) is 20.9. The molecule has 8 heteroatoms. The van der Waals surface area contributed by atoms with Gasteiger partial charge in [0, 0.05) is 32.7 Å². The number of sulfonamides is 1. The topological polar surface area (TPSA) is 69.7 Å². The van der Waals surface area contributed by atoms with E-state index in [9.17, 15) is 13.2 Å². The summed E-state index contributed by atoms with van der Waals surface area (Å²) in [5.41, 5.74) is 1.80. The zero-order valence-electron chi connectivity index (χ0n) is 16.3. The predicted octanol–water partition coefficient (Wildman–Crippen LogP) is 2.27. The molecule has 1 N–H and O–H groups in total. The smallest absolute Gasteiger partial charge is 0.242 e. The van der Waals surface area contributed by atoms with E-state index in [0.717, 1.165) is 30.8 Å². The van der Waals surface area contributed by atoms with Crippen molar-refractivity contribution in [2.45, 2.75) is 37.5 Å². The van der Waals surface area contributed by atoms with E-state index in [4.69, 9.17) is 0 Å². The Morgan fingerprint density at radius 3 is 2.74 bits per heavy atom. The van der Waals surface area contributed by atoms with Crippen molar-refractivity contribution in [3.05, 3.63) is 23.8 Å². The molecule has 2 unspecified atom stereocenters. The van der Waals surface area contributed by atoms with Gasteiger partial charge in [0.25, 0.3) is 0 Å². The number of benzene rings is 1. The highest BCUT2D eigenvalue weighted by Gasteiger charge is 2.30. The Morgan fingerprint density at radius 2 is 2.11 bits per heavy atom. The standard InChI is InChI=1S/C19H29N3O3S.ClH/c1-14(16-5-4-9-20-13-16)11-19(23)22-10-8-15-6-7-17(12-18(15)22)26(24,25)21(2)3;/h6-7,12,14,16,20H,4-5,8-11,13H2,1-3H3;1H. The van der Waals surface area contributed by atoms with Crippen LogP contribution in [-0.2, 0) is 21.2 Å². The molecule has 152 valence electrons. The molecule has 2 atom stereocenters. The third-order valence-corrected chi connectivity index (χ3v) is 7.48. The van der Waals surface area contributed by atoms with Gasteiger partial charge in [0.15, 0.2) is 0 Å². The third kappa shape index (κ3) is 4.65. The average Bonchev–Trinajstić information content (AvgIpc) is 3.05. The molecule has 0 saturated carbocycles. The van der Waals surface area contributed by atoms with Gasteiger partial charge in [0.1, 0.15) is 0 Å². The van der Waals surface area contributed by atoms with Crippen molar-refractivity contribution in [1.82, 2.24) is 9.62 Å². The molecule has 1 fully saturated rings. The Morgan fingerprint density at radius 1 is 1.37 bits per heavy atom. The van der Waals surface area contributed by atoms with Gasteiger partial charge in [-0.15, -0.1) is 12.4 Å². The summed E-state index contributed by atoms with van der Waals surface area (Å²) in [6.45, 7) is 4.84. The van der Waals surface area contributed by atoms with Crippen LogP contribution in [0.2, 0.25) is 0 Å². The largest absolute Gasteiger partial charge is 0.316 e. The minimum atomic E-state index is -3.50. The second-order valence-corrected chi connectivity index (χ2v) is 9.81. The molecule has 3 rings (SSSR count). The van der Waals surface area contributed by atoms with Crippen molar-refractivity contribution in [2.75, 3.05) is 38.6 Å². The molecule has 2 aliphatic heterocycles. The van der Waals surface area contributed by atoms with Crippen LogP contribution in [-0.4, -0.2) is 52.4 Å². The zero-order chi connectivity index (χ0) is 18.9. The summed E-state index contributed by atoms with van der Waals surface area (Å²) in [5, 5.41) is 3.41. The fraction of sp³-hybridized carbons (Fsp3) is 0.632. The summed E-state index contributed by atoms with van der Waals surface area (Å²) >= 11 is 0. The predicted molar refractivity (Wildman–Crippen MR) is 110 cm³/mol. The highest BCUT2D eigenvalue weighted by Crippen LogP contribution is 2.33. The first-order valence-electron chi connectivity index (χ1n) is 9.37. The SMILES string of the molecule is CC(CC(=O)N1CCc2ccc(S(=O)(=O)N(C)C)cc21)C1CCCNC1.Cl. The maximum Gasteiger partial charge on any atom is 0.242 e. The summed E-state index contributed by atoms with van der Waals surface area (Å²) in [5.74, 6) is 0.962. The molecule has 0 aliphatic carbocycles. The van der Waals surface area contributed by atoms with Crippen LogP contribution in [0, 0.1) is 11.8 Å². The lowest BCUT2D eigenvalue weighted by Crippen LogP contribution is -2.36. The quantitative estimate of drug-likeness (QED) is 0.800. The maximum absolute atomic E-state index is 12.9. The second-order valence-electron chi connectivity index (χ2n) is 7.66. The molecule has 1 saturated heterocycles. The van der Waals surface area contributed by atoms with Gasteiger partial charge < -0.3 is 10.2 Å². The third-order valence-electron chi connectivity index (χ3n) is 5.67. The molecule has 0 spiro atoms. The number of nitrogens with zero attached hydrogens (tertiary/aromatic N) is 2. The molecule has 6 nitrogen and oxygen atoms in total. The van der Waals surface area contributed by atoms with Crippen molar-refractivity contribution in [1.29, 1.82) is 0 Å². The molecule has 27 heavy (non-hydrogen) atoms. The summed E-state index contributed by atoms with van der Waals surface area (Å²) in [4.78, 5) is 14.9. The first-order chi connectivity index (χ1) is 12.3. The van der Waals surface area contributed by atoms with Gasteiger partial charge in [0.2, 0.25) is 15.9 Å². The summed E-state index contributed by atoms with van der Waals surface area (Å²) in [6, 6.07) is 5.13. The van der Waals surface area contributed by atoms with Crippen LogP contribution >= 0.6 is 12.4 Å². The monoisotopic (exact) mass is 415 g/mol. The van der Waals surface area contributed by atoms with E-state index in [-0.39, 0.29) is 23.2 Å². The zero-order valence-corrected chi connectivity index (χ0v) is 17.9. The lowest BCUT2D eigenvalue weighted by Gasteiger charge is -2.29. The summed E-state index contributed by atoms with van der Waals surface area (Å²) in [6.07, 6.45) is 3.63. The van der Waals surface area contributed by atoms with E-state index < -0.39 is 10.0 Å². The fourth-order valence-electron chi connectivity index (χ4n) is 3.91. The van der Waals surface area contributed by atoms with Crippen LogP contribution < -0.4 is 10.2 Å². The highest BCUT2D eigenvalue weighted by molar-refractivity contribution is 7.89. The molecule has 1 aromatic carbocycles. The van der Waals surface area contributed by atoms with Gasteiger partial charge >= 0.3 is 0 Å². The fourth-order valence-corrected chi connectivity index (χ4v) is 4.83. The Labute approximate surface area is 168 Å². The van der Waals surface area contributed by atoms with Crippen molar-refractivity contribution in [2.24, 2.45) is 11.8 Å². The number of hydrogen-bond acceptors (Lipinski definition) is 4. The van der Waals surface area contributed by atoms with E-state index in [1.54, 1.807) is 17.0 Å². The molecule has 2 aliphatic rings. The van der Waals surface area contributed by atoms with Crippen molar-refractivity contribution >= 4 is 34.0 Å². The van der Waals surface area contributed by atoms with Crippen molar-refractivity contribution < 1.29 is 13.2 Å². The number of halogens is 1. The van der Waals surface area contributed by atoms with E-state index >= 15 is 0 Å². The van der Waals surface area contributed by atoms with Gasteiger partial charge in [0.05, 0.1) is 4.90 Å². The van der Waals surface area contributed by atoms with E-state index in [1.807, 2.05) is 6.07 Å². The van der Waals surface area contributed by atoms with Crippen LogP contribution in [0.4, 0.5) is 5.69 Å². The van der Waals surface area contributed by atoms with E-state index in [1.165, 1.54) is 31.2 Å². The average molecular weight is 416 g/mol. The molecular weight excluding hydrogens is 386 g/mol. The van der Waals surface area contributed by atoms with Gasteiger partial charge in [-0.05, 0) is 61.9 Å². The minimum absolute atomic E-state index is 0. The van der Waals surface area contributed by atoms with E-state index in [2.05, 4.69) is 12.2 Å².